The molecule has 0 aliphatic rings. The summed E-state index contributed by atoms with van der Waals surface area (Å²) in [4.78, 5) is 0. The van der Waals surface area contributed by atoms with E-state index in [1.54, 1.807) is 12.1 Å². The third kappa shape index (κ3) is 2.86. The third-order valence-electron chi connectivity index (χ3n) is 2.69. The summed E-state index contributed by atoms with van der Waals surface area (Å²) in [5.41, 5.74) is 0.844. The lowest BCUT2D eigenvalue weighted by atomic mass is 10.1. The van der Waals surface area contributed by atoms with Gasteiger partial charge in [-0.3, -0.25) is 0 Å². The highest BCUT2D eigenvalue weighted by Crippen LogP contribution is 2.22. The Morgan fingerprint density at radius 3 is 2.50 bits per heavy atom. The Bertz CT molecular complexity index is 696. The number of benzene rings is 2. The summed E-state index contributed by atoms with van der Waals surface area (Å²) in [5.74, 6) is -4.06. The lowest BCUT2D eigenvalue weighted by Crippen LogP contribution is -2.04. The second-order valence-corrected chi connectivity index (χ2v) is 4.40. The normalized spacial score (nSPS) is 10.2. The Morgan fingerprint density at radius 2 is 1.85 bits per heavy atom. The van der Waals surface area contributed by atoms with Crippen molar-refractivity contribution in [3.63, 3.8) is 0 Å². The number of hydrogen-bond acceptors (Lipinski definition) is 2. The van der Waals surface area contributed by atoms with Crippen molar-refractivity contribution in [1.29, 1.82) is 5.26 Å². The van der Waals surface area contributed by atoms with Gasteiger partial charge in [-0.05, 0) is 29.8 Å². The summed E-state index contributed by atoms with van der Waals surface area (Å²) in [5, 5.41) is 11.7. The second kappa shape index (κ2) is 5.85. The summed E-state index contributed by atoms with van der Waals surface area (Å²) < 4.78 is 39.2. The van der Waals surface area contributed by atoms with Crippen molar-refractivity contribution >= 4 is 17.3 Å². The Morgan fingerprint density at radius 1 is 1.10 bits per heavy atom. The minimum absolute atomic E-state index is 0.118. The van der Waals surface area contributed by atoms with Crippen LogP contribution in [0.5, 0.6) is 0 Å². The molecule has 0 aliphatic carbocycles. The molecule has 2 aromatic carbocycles. The SMILES string of the molecule is N#Cc1ccc(CNc2ccc(F)c(F)c2F)c(Cl)c1. The summed E-state index contributed by atoms with van der Waals surface area (Å²) >= 11 is 5.95. The molecule has 0 aliphatic heterocycles. The van der Waals surface area contributed by atoms with Gasteiger partial charge in [-0.1, -0.05) is 17.7 Å². The molecule has 0 heterocycles. The predicted molar refractivity (Wildman–Crippen MR) is 69.8 cm³/mol. The molecule has 0 aromatic heterocycles. The smallest absolute Gasteiger partial charge is 0.196 e. The molecule has 2 aromatic rings. The first-order valence-corrected chi connectivity index (χ1v) is 5.96. The van der Waals surface area contributed by atoms with Crippen LogP contribution < -0.4 is 5.32 Å². The van der Waals surface area contributed by atoms with Crippen molar-refractivity contribution in [3.05, 3.63) is 63.9 Å². The first-order valence-electron chi connectivity index (χ1n) is 5.59. The molecule has 20 heavy (non-hydrogen) atoms. The number of rotatable bonds is 3. The van der Waals surface area contributed by atoms with Crippen LogP contribution in [-0.4, -0.2) is 0 Å². The van der Waals surface area contributed by atoms with E-state index >= 15 is 0 Å². The minimum atomic E-state index is -1.53. The zero-order valence-electron chi connectivity index (χ0n) is 10.1. The van der Waals surface area contributed by atoms with Crippen LogP contribution >= 0.6 is 11.6 Å². The second-order valence-electron chi connectivity index (χ2n) is 3.99. The lowest BCUT2D eigenvalue weighted by molar-refractivity contribution is 0.449. The average molecular weight is 297 g/mol. The Labute approximate surface area is 118 Å². The van der Waals surface area contributed by atoms with Crippen molar-refractivity contribution in [2.75, 3.05) is 5.32 Å². The zero-order valence-corrected chi connectivity index (χ0v) is 10.8. The van der Waals surface area contributed by atoms with Crippen LogP contribution in [0.3, 0.4) is 0 Å². The highest BCUT2D eigenvalue weighted by atomic mass is 35.5. The topological polar surface area (TPSA) is 35.8 Å². The number of nitriles is 1. The molecule has 0 spiro atoms. The number of halogens is 4. The van der Waals surface area contributed by atoms with Crippen LogP contribution in [0.25, 0.3) is 0 Å². The van der Waals surface area contributed by atoms with Crippen molar-refractivity contribution in [2.24, 2.45) is 0 Å². The Kier molecular flexibility index (Phi) is 4.16. The van der Waals surface area contributed by atoms with Gasteiger partial charge in [-0.15, -0.1) is 0 Å². The van der Waals surface area contributed by atoms with Gasteiger partial charge in [0.2, 0.25) is 0 Å². The number of anilines is 1. The highest BCUT2D eigenvalue weighted by molar-refractivity contribution is 6.31. The average Bonchev–Trinajstić information content (AvgIpc) is 2.45. The predicted octanol–water partition coefficient (Wildman–Crippen LogP) is 4.24. The molecule has 0 amide bonds. The van der Waals surface area contributed by atoms with Crippen molar-refractivity contribution in [1.82, 2.24) is 0 Å². The largest absolute Gasteiger partial charge is 0.378 e. The first-order chi connectivity index (χ1) is 9.52. The van der Waals surface area contributed by atoms with E-state index in [0.29, 0.717) is 16.1 Å². The van der Waals surface area contributed by atoms with Gasteiger partial charge in [0.05, 0.1) is 17.3 Å². The van der Waals surface area contributed by atoms with Crippen LogP contribution in [0.1, 0.15) is 11.1 Å². The standard InChI is InChI=1S/C14H8ClF3N2/c15-10-5-8(6-19)1-2-9(10)7-20-12-4-3-11(16)13(17)14(12)18/h1-5,20H,7H2. The quantitative estimate of drug-likeness (QED) is 0.860. The molecule has 0 atom stereocenters. The first kappa shape index (κ1) is 14.2. The Balaban J connectivity index is 2.18. The number of hydrogen-bond donors (Lipinski definition) is 1. The van der Waals surface area contributed by atoms with Crippen molar-refractivity contribution in [2.45, 2.75) is 6.54 Å². The number of nitrogens with zero attached hydrogens (tertiary/aromatic N) is 1. The lowest BCUT2D eigenvalue weighted by Gasteiger charge is -2.10. The molecular weight excluding hydrogens is 289 g/mol. The van der Waals surface area contributed by atoms with Gasteiger partial charge in [-0.2, -0.15) is 5.26 Å². The Hall–Kier alpha value is -2.19. The molecule has 102 valence electrons. The third-order valence-corrected chi connectivity index (χ3v) is 3.04. The van der Waals surface area contributed by atoms with Gasteiger partial charge >= 0.3 is 0 Å². The van der Waals surface area contributed by atoms with Gasteiger partial charge in [0.15, 0.2) is 17.5 Å². The van der Waals surface area contributed by atoms with E-state index in [9.17, 15) is 13.2 Å². The maximum atomic E-state index is 13.4. The van der Waals surface area contributed by atoms with E-state index in [4.69, 9.17) is 16.9 Å². The molecular formula is C14H8ClF3N2. The fraction of sp³-hybridized carbons (Fsp3) is 0.0714. The maximum absolute atomic E-state index is 13.4. The molecule has 2 rings (SSSR count). The molecule has 0 unspecified atom stereocenters. The van der Waals surface area contributed by atoms with E-state index in [0.717, 1.165) is 12.1 Å². The minimum Gasteiger partial charge on any atom is -0.378 e. The molecule has 0 fully saturated rings. The van der Waals surface area contributed by atoms with Crippen LogP contribution in [-0.2, 0) is 6.54 Å². The van der Waals surface area contributed by atoms with E-state index in [1.165, 1.54) is 6.07 Å². The van der Waals surface area contributed by atoms with E-state index < -0.39 is 17.5 Å². The monoisotopic (exact) mass is 296 g/mol. The molecule has 2 nitrogen and oxygen atoms in total. The molecule has 6 heteroatoms. The van der Waals surface area contributed by atoms with Crippen LogP contribution in [0, 0.1) is 28.8 Å². The van der Waals surface area contributed by atoms with Crippen LogP contribution in [0.4, 0.5) is 18.9 Å². The van der Waals surface area contributed by atoms with Gasteiger partial charge in [0.1, 0.15) is 0 Å². The fourth-order valence-electron chi connectivity index (χ4n) is 1.61. The fourth-order valence-corrected chi connectivity index (χ4v) is 1.86. The number of nitrogens with one attached hydrogen (secondary N) is 1. The summed E-state index contributed by atoms with van der Waals surface area (Å²) in [6.45, 7) is 0.118. The maximum Gasteiger partial charge on any atom is 0.196 e. The van der Waals surface area contributed by atoms with E-state index in [1.807, 2.05) is 6.07 Å². The van der Waals surface area contributed by atoms with E-state index in [2.05, 4.69) is 5.32 Å². The van der Waals surface area contributed by atoms with Gasteiger partial charge < -0.3 is 5.32 Å². The molecule has 0 saturated carbocycles. The van der Waals surface area contributed by atoms with Crippen molar-refractivity contribution < 1.29 is 13.2 Å². The zero-order chi connectivity index (χ0) is 14.7. The highest BCUT2D eigenvalue weighted by Gasteiger charge is 2.13. The molecule has 0 radical (unpaired) electrons. The van der Waals surface area contributed by atoms with E-state index in [-0.39, 0.29) is 12.2 Å². The van der Waals surface area contributed by atoms with Gasteiger partial charge in [0.25, 0.3) is 0 Å². The van der Waals surface area contributed by atoms with Crippen LogP contribution in [0.15, 0.2) is 30.3 Å². The summed E-state index contributed by atoms with van der Waals surface area (Å²) in [6.07, 6.45) is 0. The molecule has 0 bridgehead atoms. The summed E-state index contributed by atoms with van der Waals surface area (Å²) in [7, 11) is 0. The summed E-state index contributed by atoms with van der Waals surface area (Å²) in [6, 6.07) is 8.51. The van der Waals surface area contributed by atoms with Crippen LogP contribution in [0.2, 0.25) is 5.02 Å². The van der Waals surface area contributed by atoms with Crippen molar-refractivity contribution in [3.8, 4) is 6.07 Å². The molecule has 1 N–H and O–H groups in total. The molecule has 0 saturated heterocycles. The van der Waals surface area contributed by atoms with Gasteiger partial charge in [-0.25, -0.2) is 13.2 Å². The van der Waals surface area contributed by atoms with Gasteiger partial charge in [0, 0.05) is 11.6 Å².